The van der Waals surface area contributed by atoms with Crippen molar-refractivity contribution in [2.24, 2.45) is 5.92 Å². The van der Waals surface area contributed by atoms with E-state index in [9.17, 15) is 9.90 Å². The largest absolute Gasteiger partial charge is 0.384 e. The molecule has 2 rings (SSSR count). The van der Waals surface area contributed by atoms with E-state index >= 15 is 0 Å². The molecular weight excluding hydrogens is 252 g/mol. The van der Waals surface area contributed by atoms with Gasteiger partial charge in [0, 0.05) is 6.04 Å². The number of carbonyl (C=O) groups excluding carboxylic acids is 1. The molecule has 1 aromatic carbocycles. The van der Waals surface area contributed by atoms with Crippen LogP contribution in [0.25, 0.3) is 0 Å². The van der Waals surface area contributed by atoms with Gasteiger partial charge in [-0.05, 0) is 38.2 Å². The van der Waals surface area contributed by atoms with E-state index in [1.807, 2.05) is 37.3 Å². The minimum atomic E-state index is -1.06. The van der Waals surface area contributed by atoms with E-state index in [1.165, 1.54) is 19.3 Å². The molecule has 1 saturated carbocycles. The lowest BCUT2D eigenvalue weighted by atomic mass is 9.80. The molecule has 20 heavy (non-hydrogen) atoms. The minimum absolute atomic E-state index is 0.195. The fraction of sp³-hybridized carbons (Fsp3) is 0.562. The molecule has 3 N–H and O–H groups in total. The van der Waals surface area contributed by atoms with Gasteiger partial charge in [-0.2, -0.15) is 0 Å². The highest BCUT2D eigenvalue weighted by molar-refractivity contribution is 5.74. The summed E-state index contributed by atoms with van der Waals surface area (Å²) in [6.45, 7) is 3.94. The van der Waals surface area contributed by atoms with Gasteiger partial charge in [-0.1, -0.05) is 36.8 Å². The molecule has 1 aliphatic rings. The molecule has 0 heterocycles. The number of benzene rings is 1. The Morgan fingerprint density at radius 3 is 2.60 bits per heavy atom. The van der Waals surface area contributed by atoms with Crippen LogP contribution in [0.3, 0.4) is 0 Å². The van der Waals surface area contributed by atoms with Gasteiger partial charge >= 0.3 is 6.03 Å². The van der Waals surface area contributed by atoms with Crippen LogP contribution >= 0.6 is 0 Å². The summed E-state index contributed by atoms with van der Waals surface area (Å²) < 4.78 is 0. The van der Waals surface area contributed by atoms with Crippen LogP contribution in [0, 0.1) is 5.92 Å². The van der Waals surface area contributed by atoms with E-state index in [0.717, 1.165) is 5.56 Å². The fourth-order valence-electron chi connectivity index (χ4n) is 2.47. The van der Waals surface area contributed by atoms with Crippen LogP contribution in [0.4, 0.5) is 4.79 Å². The number of carbonyl (C=O) groups is 1. The number of amides is 2. The first-order chi connectivity index (χ1) is 9.49. The summed E-state index contributed by atoms with van der Waals surface area (Å²) in [5, 5.41) is 16.1. The Hall–Kier alpha value is -1.55. The molecule has 1 aliphatic carbocycles. The average Bonchev–Trinajstić information content (AvgIpc) is 2.35. The van der Waals surface area contributed by atoms with Crippen LogP contribution in [0.15, 0.2) is 30.3 Å². The summed E-state index contributed by atoms with van der Waals surface area (Å²) in [4.78, 5) is 11.8. The van der Waals surface area contributed by atoms with Crippen molar-refractivity contribution in [1.29, 1.82) is 0 Å². The van der Waals surface area contributed by atoms with Crippen LogP contribution in [0.5, 0.6) is 0 Å². The molecule has 0 aromatic heterocycles. The lowest BCUT2D eigenvalue weighted by Gasteiger charge is -2.32. The highest BCUT2D eigenvalue weighted by Crippen LogP contribution is 2.29. The SMILES string of the molecule is CC(NC(=O)NCC(C)(O)c1ccccc1)C1CCC1. The maximum Gasteiger partial charge on any atom is 0.315 e. The quantitative estimate of drug-likeness (QED) is 0.773. The molecule has 4 nitrogen and oxygen atoms in total. The normalized spacial score (nSPS) is 19.6. The second kappa shape index (κ2) is 6.27. The second-order valence-electron chi connectivity index (χ2n) is 5.95. The smallest absolute Gasteiger partial charge is 0.315 e. The van der Waals surface area contributed by atoms with Gasteiger partial charge in [0.25, 0.3) is 0 Å². The van der Waals surface area contributed by atoms with Crippen molar-refractivity contribution in [3.63, 3.8) is 0 Å². The van der Waals surface area contributed by atoms with Gasteiger partial charge in [-0.3, -0.25) is 0 Å². The molecule has 0 radical (unpaired) electrons. The average molecular weight is 276 g/mol. The third-order valence-corrected chi connectivity index (χ3v) is 4.20. The minimum Gasteiger partial charge on any atom is -0.384 e. The van der Waals surface area contributed by atoms with E-state index in [0.29, 0.717) is 5.92 Å². The van der Waals surface area contributed by atoms with E-state index in [1.54, 1.807) is 6.92 Å². The highest BCUT2D eigenvalue weighted by atomic mass is 16.3. The monoisotopic (exact) mass is 276 g/mol. The fourth-order valence-corrected chi connectivity index (χ4v) is 2.47. The number of urea groups is 1. The molecule has 1 aromatic rings. The summed E-state index contributed by atoms with van der Waals surface area (Å²) in [6.07, 6.45) is 3.66. The zero-order valence-corrected chi connectivity index (χ0v) is 12.2. The number of hydrogen-bond acceptors (Lipinski definition) is 2. The van der Waals surface area contributed by atoms with Crippen molar-refractivity contribution in [3.05, 3.63) is 35.9 Å². The van der Waals surface area contributed by atoms with Crippen molar-refractivity contribution < 1.29 is 9.90 Å². The van der Waals surface area contributed by atoms with Crippen LogP contribution in [0.1, 0.15) is 38.7 Å². The highest BCUT2D eigenvalue weighted by Gasteiger charge is 2.26. The van der Waals surface area contributed by atoms with E-state index in [4.69, 9.17) is 0 Å². The zero-order valence-electron chi connectivity index (χ0n) is 12.2. The Morgan fingerprint density at radius 1 is 1.40 bits per heavy atom. The summed E-state index contributed by atoms with van der Waals surface area (Å²) in [7, 11) is 0. The van der Waals surface area contributed by atoms with Crippen LogP contribution < -0.4 is 10.6 Å². The van der Waals surface area contributed by atoms with Gasteiger partial charge in [-0.15, -0.1) is 0 Å². The van der Waals surface area contributed by atoms with Gasteiger partial charge in [0.15, 0.2) is 0 Å². The van der Waals surface area contributed by atoms with Crippen LogP contribution in [-0.4, -0.2) is 23.7 Å². The third-order valence-electron chi connectivity index (χ3n) is 4.20. The number of hydrogen-bond donors (Lipinski definition) is 3. The van der Waals surface area contributed by atoms with E-state index in [-0.39, 0.29) is 18.6 Å². The first-order valence-electron chi connectivity index (χ1n) is 7.31. The van der Waals surface area contributed by atoms with Crippen molar-refractivity contribution in [2.75, 3.05) is 6.54 Å². The number of aliphatic hydroxyl groups is 1. The van der Waals surface area contributed by atoms with E-state index in [2.05, 4.69) is 10.6 Å². The van der Waals surface area contributed by atoms with Gasteiger partial charge in [0.1, 0.15) is 5.60 Å². The molecule has 2 unspecified atom stereocenters. The van der Waals surface area contributed by atoms with Crippen LogP contribution in [-0.2, 0) is 5.60 Å². The van der Waals surface area contributed by atoms with Crippen molar-refractivity contribution >= 4 is 6.03 Å². The molecule has 1 fully saturated rings. The van der Waals surface area contributed by atoms with Gasteiger partial charge < -0.3 is 15.7 Å². The van der Waals surface area contributed by atoms with Crippen molar-refractivity contribution in [1.82, 2.24) is 10.6 Å². The lowest BCUT2D eigenvalue weighted by Crippen LogP contribution is -2.48. The Balaban J connectivity index is 1.80. The standard InChI is InChI=1S/C16H24N2O2/c1-12(13-7-6-8-13)18-15(19)17-11-16(2,20)14-9-4-3-5-10-14/h3-5,9-10,12-13,20H,6-8,11H2,1-2H3,(H2,17,18,19). The van der Waals surface area contributed by atoms with Gasteiger partial charge in [0.2, 0.25) is 0 Å². The van der Waals surface area contributed by atoms with Gasteiger partial charge in [-0.25, -0.2) is 4.79 Å². The van der Waals surface area contributed by atoms with Crippen LogP contribution in [0.2, 0.25) is 0 Å². The summed E-state index contributed by atoms with van der Waals surface area (Å²) in [5.41, 5.74) is -0.259. The summed E-state index contributed by atoms with van der Waals surface area (Å²) >= 11 is 0. The van der Waals surface area contributed by atoms with Gasteiger partial charge in [0.05, 0.1) is 6.54 Å². The molecule has 2 amide bonds. The lowest BCUT2D eigenvalue weighted by molar-refractivity contribution is 0.0591. The first-order valence-corrected chi connectivity index (χ1v) is 7.31. The molecule has 0 bridgehead atoms. The second-order valence-corrected chi connectivity index (χ2v) is 5.95. The Bertz CT molecular complexity index is 441. The summed E-state index contributed by atoms with van der Waals surface area (Å²) in [5.74, 6) is 0.607. The van der Waals surface area contributed by atoms with Crippen molar-refractivity contribution in [2.45, 2.75) is 44.8 Å². The first kappa shape index (κ1) is 14.9. The molecule has 0 spiro atoms. The number of rotatable bonds is 5. The van der Waals surface area contributed by atoms with Crippen molar-refractivity contribution in [3.8, 4) is 0 Å². The molecule has 0 saturated heterocycles. The predicted molar refractivity (Wildman–Crippen MR) is 79.4 cm³/mol. The maximum absolute atomic E-state index is 11.8. The maximum atomic E-state index is 11.8. The topological polar surface area (TPSA) is 61.4 Å². The Morgan fingerprint density at radius 2 is 2.05 bits per heavy atom. The third kappa shape index (κ3) is 3.73. The molecule has 110 valence electrons. The molecule has 2 atom stereocenters. The summed E-state index contributed by atoms with van der Waals surface area (Å²) in [6, 6.07) is 9.36. The van der Waals surface area contributed by atoms with E-state index < -0.39 is 5.60 Å². The predicted octanol–water partition coefficient (Wildman–Crippen LogP) is 2.38. The zero-order chi connectivity index (χ0) is 14.6. The Labute approximate surface area is 120 Å². The molecular formula is C16H24N2O2. The molecule has 4 heteroatoms. The number of nitrogens with one attached hydrogen (secondary N) is 2. The molecule has 0 aliphatic heterocycles. The Kier molecular flexibility index (Phi) is 4.65.